The van der Waals surface area contributed by atoms with Crippen LogP contribution < -0.4 is 24.2 Å². The summed E-state index contributed by atoms with van der Waals surface area (Å²) in [6.45, 7) is 0. The van der Waals surface area contributed by atoms with Crippen molar-refractivity contribution < 1.29 is 22.6 Å². The van der Waals surface area contributed by atoms with Crippen molar-refractivity contribution in [3.8, 4) is 17.2 Å². The maximum Gasteiger partial charge on any atom is 0.261 e. The van der Waals surface area contributed by atoms with Gasteiger partial charge in [0.05, 0.1) is 32.3 Å². The fraction of sp³-hybridized carbons (Fsp3) is 0.259. The van der Waals surface area contributed by atoms with Gasteiger partial charge in [-0.1, -0.05) is 24.3 Å². The zero-order chi connectivity index (χ0) is 24.6. The van der Waals surface area contributed by atoms with Crippen LogP contribution in [0.5, 0.6) is 17.2 Å². The van der Waals surface area contributed by atoms with E-state index in [4.69, 9.17) is 14.2 Å². The maximum atomic E-state index is 13.2. The second-order valence-corrected chi connectivity index (χ2v) is 10.3. The Hall–Kier alpha value is -3.65. The molecule has 0 saturated carbocycles. The van der Waals surface area contributed by atoms with Crippen molar-refractivity contribution in [1.29, 1.82) is 0 Å². The van der Waals surface area contributed by atoms with E-state index in [-0.39, 0.29) is 22.8 Å². The lowest BCUT2D eigenvalue weighted by Gasteiger charge is -2.38. The van der Waals surface area contributed by atoms with E-state index in [1.165, 1.54) is 0 Å². The highest BCUT2D eigenvalue weighted by Crippen LogP contribution is 2.52. The molecule has 0 amide bonds. The molecule has 0 fully saturated rings. The number of hydrogen-bond donors (Lipinski definition) is 2. The molecular weight excluding hydrogens is 464 g/mol. The van der Waals surface area contributed by atoms with Crippen LogP contribution in [0, 0.1) is 5.92 Å². The first kappa shape index (κ1) is 23.1. The molecule has 2 aliphatic rings. The number of para-hydroxylation sites is 1. The molecule has 1 aliphatic heterocycles. The summed E-state index contributed by atoms with van der Waals surface area (Å²) in [6, 6.07) is 17.9. The Morgan fingerprint density at radius 2 is 1.71 bits per heavy atom. The highest BCUT2D eigenvalue weighted by atomic mass is 32.2. The molecular formula is C27H28N2O5S. The predicted molar refractivity (Wildman–Crippen MR) is 136 cm³/mol. The van der Waals surface area contributed by atoms with Crippen molar-refractivity contribution in [3.63, 3.8) is 0 Å². The quantitative estimate of drug-likeness (QED) is 0.433. The molecule has 0 spiro atoms. The summed E-state index contributed by atoms with van der Waals surface area (Å²) in [4.78, 5) is 0.227. The molecule has 0 saturated heterocycles. The molecule has 3 aromatic carbocycles. The van der Waals surface area contributed by atoms with Gasteiger partial charge in [-0.25, -0.2) is 8.42 Å². The van der Waals surface area contributed by atoms with Gasteiger partial charge in [-0.3, -0.25) is 4.72 Å². The van der Waals surface area contributed by atoms with Crippen LogP contribution in [0.15, 0.2) is 77.7 Å². The third-order valence-electron chi connectivity index (χ3n) is 6.76. The lowest BCUT2D eigenvalue weighted by molar-refractivity contribution is 0.341. The van der Waals surface area contributed by atoms with Crippen molar-refractivity contribution in [1.82, 2.24) is 0 Å². The first-order valence-electron chi connectivity index (χ1n) is 11.4. The van der Waals surface area contributed by atoms with Gasteiger partial charge >= 0.3 is 0 Å². The number of anilines is 2. The smallest absolute Gasteiger partial charge is 0.261 e. The topological polar surface area (TPSA) is 85.9 Å². The molecule has 1 heterocycles. The van der Waals surface area contributed by atoms with Crippen molar-refractivity contribution in [2.75, 3.05) is 31.4 Å². The monoisotopic (exact) mass is 492 g/mol. The van der Waals surface area contributed by atoms with Crippen molar-refractivity contribution in [3.05, 3.63) is 83.9 Å². The second-order valence-electron chi connectivity index (χ2n) is 8.64. The van der Waals surface area contributed by atoms with Gasteiger partial charge in [0.1, 0.15) is 5.75 Å². The molecule has 35 heavy (non-hydrogen) atoms. The molecule has 2 N–H and O–H groups in total. The van der Waals surface area contributed by atoms with E-state index in [9.17, 15) is 8.42 Å². The number of hydrogen-bond acceptors (Lipinski definition) is 6. The fourth-order valence-corrected chi connectivity index (χ4v) is 6.17. The van der Waals surface area contributed by atoms with Gasteiger partial charge in [0.15, 0.2) is 11.5 Å². The molecule has 1 aliphatic carbocycles. The third kappa shape index (κ3) is 4.18. The number of allylic oxidation sites excluding steroid dienone is 2. The van der Waals surface area contributed by atoms with Gasteiger partial charge in [-0.15, -0.1) is 0 Å². The van der Waals surface area contributed by atoms with Gasteiger partial charge < -0.3 is 19.5 Å². The number of ether oxygens (including phenoxy) is 3. The Labute approximate surface area is 205 Å². The van der Waals surface area contributed by atoms with E-state index < -0.39 is 10.0 Å². The van der Waals surface area contributed by atoms with Gasteiger partial charge in [-0.2, -0.15) is 0 Å². The first-order valence-corrected chi connectivity index (χ1v) is 12.9. The van der Waals surface area contributed by atoms with Gasteiger partial charge in [0, 0.05) is 22.9 Å². The Morgan fingerprint density at radius 3 is 2.43 bits per heavy atom. The van der Waals surface area contributed by atoms with Crippen molar-refractivity contribution >= 4 is 21.4 Å². The molecule has 3 atom stereocenters. The van der Waals surface area contributed by atoms with Crippen LogP contribution in [0.2, 0.25) is 0 Å². The third-order valence-corrected chi connectivity index (χ3v) is 8.13. The summed E-state index contributed by atoms with van der Waals surface area (Å²) in [5, 5.41) is 3.65. The van der Waals surface area contributed by atoms with E-state index in [0.717, 1.165) is 23.2 Å². The Morgan fingerprint density at radius 1 is 0.914 bits per heavy atom. The lowest BCUT2D eigenvalue weighted by atomic mass is 9.77. The fourth-order valence-electron chi connectivity index (χ4n) is 5.08. The summed E-state index contributed by atoms with van der Waals surface area (Å²) < 4.78 is 45.4. The summed E-state index contributed by atoms with van der Waals surface area (Å²) in [5.74, 6) is 2.36. The number of nitrogens with one attached hydrogen (secondary N) is 2. The number of rotatable bonds is 7. The molecule has 3 aromatic rings. The largest absolute Gasteiger partial charge is 0.497 e. The van der Waals surface area contributed by atoms with Crippen molar-refractivity contribution in [2.24, 2.45) is 5.92 Å². The summed E-state index contributed by atoms with van der Waals surface area (Å²) >= 11 is 0. The minimum atomic E-state index is -3.76. The molecule has 0 bridgehead atoms. The predicted octanol–water partition coefficient (Wildman–Crippen LogP) is 5.34. The highest BCUT2D eigenvalue weighted by Gasteiger charge is 2.40. The van der Waals surface area contributed by atoms with E-state index in [1.807, 2.05) is 18.2 Å². The zero-order valence-corrected chi connectivity index (χ0v) is 20.6. The van der Waals surface area contributed by atoms with Crippen molar-refractivity contribution in [2.45, 2.75) is 23.3 Å². The maximum absolute atomic E-state index is 13.2. The summed E-state index contributed by atoms with van der Waals surface area (Å²) in [7, 11) is 1.09. The van der Waals surface area contributed by atoms with Gasteiger partial charge in [0.2, 0.25) is 0 Å². The molecule has 0 radical (unpaired) electrons. The van der Waals surface area contributed by atoms with E-state index >= 15 is 0 Å². The summed E-state index contributed by atoms with van der Waals surface area (Å²) in [5.41, 5.74) is 3.38. The van der Waals surface area contributed by atoms with E-state index in [2.05, 4.69) is 28.3 Å². The Balaban J connectivity index is 1.48. The average Bonchev–Trinajstić information content (AvgIpc) is 3.38. The normalized spacial score (nSPS) is 20.4. The zero-order valence-electron chi connectivity index (χ0n) is 19.8. The average molecular weight is 493 g/mol. The van der Waals surface area contributed by atoms with Crippen LogP contribution in [0.1, 0.15) is 29.5 Å². The minimum absolute atomic E-state index is 0.00701. The second kappa shape index (κ2) is 9.19. The van der Waals surface area contributed by atoms with E-state index in [0.29, 0.717) is 22.9 Å². The van der Waals surface area contributed by atoms with Gasteiger partial charge in [-0.05, 0) is 66.4 Å². The van der Waals surface area contributed by atoms with E-state index in [1.54, 1.807) is 57.7 Å². The molecule has 7 nitrogen and oxygen atoms in total. The van der Waals surface area contributed by atoms with Crippen LogP contribution in [-0.4, -0.2) is 29.7 Å². The SMILES string of the molecule is COc1ccc(NS(=O)(=O)c2ccc3c(c2)C2C=CCC2[C@@H](c2cccc(OC)c2OC)N3)cc1. The molecule has 2 unspecified atom stereocenters. The van der Waals surface area contributed by atoms with Crippen LogP contribution in [0.3, 0.4) is 0 Å². The standard InChI is InChI=1S/C27H28N2O5S/c1-32-18-12-10-17(11-13-18)29-35(30,31)19-14-15-24-23(16-19)20-6-4-7-21(20)26(28-24)22-8-5-9-25(33-2)27(22)34-3/h4-6,8-16,20-21,26,28-29H,7H2,1-3H3/t20?,21?,26-/m0/s1. The number of fused-ring (bicyclic) bond motifs is 3. The molecule has 182 valence electrons. The van der Waals surface area contributed by atoms with Crippen LogP contribution in [0.25, 0.3) is 0 Å². The highest BCUT2D eigenvalue weighted by molar-refractivity contribution is 7.92. The number of methoxy groups -OCH3 is 3. The lowest BCUT2D eigenvalue weighted by Crippen LogP contribution is -2.29. The number of sulfonamides is 1. The van der Waals surface area contributed by atoms with Gasteiger partial charge in [0.25, 0.3) is 10.0 Å². The molecule has 5 rings (SSSR count). The Bertz CT molecular complexity index is 1370. The summed E-state index contributed by atoms with van der Waals surface area (Å²) in [6.07, 6.45) is 5.23. The van der Waals surface area contributed by atoms with Crippen LogP contribution in [0.4, 0.5) is 11.4 Å². The first-order chi connectivity index (χ1) is 16.9. The molecule has 0 aromatic heterocycles. The molecule has 8 heteroatoms. The number of benzene rings is 3. The van der Waals surface area contributed by atoms with Crippen LogP contribution in [-0.2, 0) is 10.0 Å². The van der Waals surface area contributed by atoms with Crippen LogP contribution >= 0.6 is 0 Å². The Kier molecular flexibility index (Phi) is 6.06. The minimum Gasteiger partial charge on any atom is -0.497 e.